The van der Waals surface area contributed by atoms with Crippen molar-refractivity contribution in [2.75, 3.05) is 6.54 Å². The standard InChI is InChI=1S/C17H16N4O3/c1-10-15(20-9-24-10)17(23)21-6-13(11-3-2-4-12(22)5-11)16-14(7-21)18-8-19-16/h2-5,8-9,13,22H,6-7H2,1H3,(H,18,19). The van der Waals surface area contributed by atoms with E-state index in [1.165, 1.54) is 6.39 Å². The number of imidazole rings is 1. The Balaban J connectivity index is 1.71. The highest BCUT2D eigenvalue weighted by molar-refractivity contribution is 5.93. The fraction of sp³-hybridized carbons (Fsp3) is 0.235. The summed E-state index contributed by atoms with van der Waals surface area (Å²) in [5.41, 5.74) is 3.04. The zero-order valence-electron chi connectivity index (χ0n) is 13.1. The average Bonchev–Trinajstić information content (AvgIpc) is 3.21. The minimum absolute atomic E-state index is 0.108. The first kappa shape index (κ1) is 14.5. The monoisotopic (exact) mass is 324 g/mol. The van der Waals surface area contributed by atoms with E-state index >= 15 is 0 Å². The highest BCUT2D eigenvalue weighted by Gasteiger charge is 2.33. The molecule has 1 aliphatic heterocycles. The Morgan fingerprint density at radius 2 is 2.29 bits per heavy atom. The van der Waals surface area contributed by atoms with Gasteiger partial charge in [-0.05, 0) is 24.6 Å². The maximum Gasteiger partial charge on any atom is 0.276 e. The minimum Gasteiger partial charge on any atom is -0.508 e. The van der Waals surface area contributed by atoms with Gasteiger partial charge >= 0.3 is 0 Å². The summed E-state index contributed by atoms with van der Waals surface area (Å²) in [6.45, 7) is 2.63. The number of rotatable bonds is 2. The van der Waals surface area contributed by atoms with E-state index in [2.05, 4.69) is 15.0 Å². The first-order valence-electron chi connectivity index (χ1n) is 7.64. The second kappa shape index (κ2) is 5.52. The molecule has 0 fully saturated rings. The molecule has 2 N–H and O–H groups in total. The minimum atomic E-state index is -0.174. The van der Waals surface area contributed by atoms with Gasteiger partial charge < -0.3 is 19.4 Å². The normalized spacial score (nSPS) is 16.9. The van der Waals surface area contributed by atoms with E-state index in [9.17, 15) is 9.90 Å². The van der Waals surface area contributed by atoms with E-state index in [-0.39, 0.29) is 17.6 Å². The van der Waals surface area contributed by atoms with Crippen molar-refractivity contribution in [3.63, 3.8) is 0 Å². The SMILES string of the molecule is Cc1ocnc1C(=O)N1Cc2[nH]cnc2C(c2cccc(O)c2)C1. The van der Waals surface area contributed by atoms with E-state index in [0.29, 0.717) is 24.5 Å². The van der Waals surface area contributed by atoms with Gasteiger partial charge in [0.15, 0.2) is 12.1 Å². The molecule has 1 atom stereocenters. The predicted molar refractivity (Wildman–Crippen MR) is 84.5 cm³/mol. The number of amides is 1. The molecule has 1 aromatic carbocycles. The molecule has 4 rings (SSSR count). The molecular formula is C17H16N4O3. The lowest BCUT2D eigenvalue weighted by molar-refractivity contribution is 0.0715. The van der Waals surface area contributed by atoms with E-state index < -0.39 is 0 Å². The van der Waals surface area contributed by atoms with Crippen molar-refractivity contribution in [1.82, 2.24) is 19.9 Å². The van der Waals surface area contributed by atoms with Crippen molar-refractivity contribution in [3.8, 4) is 5.75 Å². The maximum atomic E-state index is 12.8. The number of carbonyl (C=O) groups excluding carboxylic acids is 1. The van der Waals surface area contributed by atoms with E-state index in [4.69, 9.17) is 4.42 Å². The second-order valence-corrected chi connectivity index (χ2v) is 5.86. The van der Waals surface area contributed by atoms with Crippen LogP contribution in [0.1, 0.15) is 39.1 Å². The van der Waals surface area contributed by atoms with Crippen molar-refractivity contribution >= 4 is 5.91 Å². The smallest absolute Gasteiger partial charge is 0.276 e. The van der Waals surface area contributed by atoms with Crippen LogP contribution in [0.5, 0.6) is 5.75 Å². The van der Waals surface area contributed by atoms with E-state index in [1.807, 2.05) is 6.07 Å². The molecule has 0 spiro atoms. The molecule has 1 aliphatic rings. The number of aromatic nitrogens is 3. The third-order valence-corrected chi connectivity index (χ3v) is 4.34. The van der Waals surface area contributed by atoms with Gasteiger partial charge in [0.2, 0.25) is 0 Å². The van der Waals surface area contributed by atoms with E-state index in [0.717, 1.165) is 17.0 Å². The second-order valence-electron chi connectivity index (χ2n) is 5.86. The highest BCUT2D eigenvalue weighted by atomic mass is 16.3. The number of phenols is 1. The topological polar surface area (TPSA) is 95.3 Å². The van der Waals surface area contributed by atoms with Gasteiger partial charge in [0, 0.05) is 12.5 Å². The molecule has 1 unspecified atom stereocenters. The lowest BCUT2D eigenvalue weighted by Crippen LogP contribution is -2.39. The van der Waals surface area contributed by atoms with Crippen molar-refractivity contribution in [2.24, 2.45) is 0 Å². The lowest BCUT2D eigenvalue weighted by Gasteiger charge is -2.32. The molecule has 0 radical (unpaired) electrons. The molecule has 122 valence electrons. The van der Waals surface area contributed by atoms with Crippen molar-refractivity contribution in [2.45, 2.75) is 19.4 Å². The summed E-state index contributed by atoms with van der Waals surface area (Å²) in [7, 11) is 0. The summed E-state index contributed by atoms with van der Waals surface area (Å²) in [5, 5.41) is 9.77. The first-order chi connectivity index (χ1) is 11.6. The lowest BCUT2D eigenvalue weighted by atomic mass is 9.90. The molecule has 7 nitrogen and oxygen atoms in total. The van der Waals surface area contributed by atoms with Gasteiger partial charge in [-0.1, -0.05) is 12.1 Å². The molecule has 1 amide bonds. The number of carbonyl (C=O) groups is 1. The third kappa shape index (κ3) is 2.34. The predicted octanol–water partition coefficient (Wildman–Crippen LogP) is 2.20. The number of nitrogens with one attached hydrogen (secondary N) is 1. The quantitative estimate of drug-likeness (QED) is 0.753. The van der Waals surface area contributed by atoms with Crippen LogP contribution in [0, 0.1) is 6.92 Å². The third-order valence-electron chi connectivity index (χ3n) is 4.34. The molecular weight excluding hydrogens is 308 g/mol. The van der Waals surface area contributed by atoms with Crippen molar-refractivity contribution < 1.29 is 14.3 Å². The van der Waals surface area contributed by atoms with Gasteiger partial charge in [0.1, 0.15) is 11.5 Å². The summed E-state index contributed by atoms with van der Waals surface area (Å²) < 4.78 is 5.15. The zero-order valence-corrected chi connectivity index (χ0v) is 13.1. The van der Waals surface area contributed by atoms with Gasteiger partial charge in [-0.2, -0.15) is 0 Å². The molecule has 24 heavy (non-hydrogen) atoms. The molecule has 3 heterocycles. The van der Waals surface area contributed by atoms with Crippen LogP contribution in [0.3, 0.4) is 0 Å². The summed E-state index contributed by atoms with van der Waals surface area (Å²) in [6.07, 6.45) is 2.91. The molecule has 3 aromatic rings. The van der Waals surface area contributed by atoms with Crippen LogP contribution in [0.4, 0.5) is 0 Å². The number of H-pyrrole nitrogens is 1. The molecule has 0 saturated carbocycles. The number of fused-ring (bicyclic) bond motifs is 1. The first-order valence-corrected chi connectivity index (χ1v) is 7.64. The zero-order chi connectivity index (χ0) is 16.7. The van der Waals surface area contributed by atoms with Crippen LogP contribution >= 0.6 is 0 Å². The molecule has 7 heteroatoms. The van der Waals surface area contributed by atoms with Crippen molar-refractivity contribution in [3.05, 3.63) is 65.4 Å². The van der Waals surface area contributed by atoms with Crippen LogP contribution in [0.15, 0.2) is 41.4 Å². The average molecular weight is 324 g/mol. The number of phenolic OH excluding ortho intramolecular Hbond substituents is 1. The Bertz CT molecular complexity index is 899. The number of aromatic hydroxyl groups is 1. The summed E-state index contributed by atoms with van der Waals surface area (Å²) in [5.74, 6) is 0.416. The van der Waals surface area contributed by atoms with E-state index in [1.54, 1.807) is 36.4 Å². The summed E-state index contributed by atoms with van der Waals surface area (Å²) in [6, 6.07) is 7.05. The molecule has 0 bridgehead atoms. The Morgan fingerprint density at radius 1 is 1.42 bits per heavy atom. The number of aromatic amines is 1. The van der Waals surface area contributed by atoms with Crippen LogP contribution in [-0.4, -0.2) is 37.4 Å². The Morgan fingerprint density at radius 3 is 3.04 bits per heavy atom. The van der Waals surface area contributed by atoms with Crippen LogP contribution in [-0.2, 0) is 6.54 Å². The molecule has 0 saturated heterocycles. The molecule has 0 aliphatic carbocycles. The molecule has 2 aromatic heterocycles. The fourth-order valence-electron chi connectivity index (χ4n) is 3.14. The summed E-state index contributed by atoms with van der Waals surface area (Å²) in [4.78, 5) is 26.0. The van der Waals surface area contributed by atoms with Gasteiger partial charge in [-0.3, -0.25) is 4.79 Å². The number of benzene rings is 1. The number of nitrogens with zero attached hydrogens (tertiary/aromatic N) is 3. The van der Waals surface area contributed by atoms with Gasteiger partial charge in [0.25, 0.3) is 5.91 Å². The van der Waals surface area contributed by atoms with Gasteiger partial charge in [-0.15, -0.1) is 0 Å². The largest absolute Gasteiger partial charge is 0.508 e. The Labute approximate surface area is 138 Å². The van der Waals surface area contributed by atoms with Gasteiger partial charge in [0.05, 0.1) is 24.3 Å². The number of hydrogen-bond acceptors (Lipinski definition) is 5. The Hall–Kier alpha value is -3.09. The number of oxazole rings is 1. The summed E-state index contributed by atoms with van der Waals surface area (Å²) >= 11 is 0. The van der Waals surface area contributed by atoms with Crippen LogP contribution < -0.4 is 0 Å². The highest BCUT2D eigenvalue weighted by Crippen LogP contribution is 2.33. The van der Waals surface area contributed by atoms with Crippen molar-refractivity contribution in [1.29, 1.82) is 0 Å². The van der Waals surface area contributed by atoms with Crippen LogP contribution in [0.2, 0.25) is 0 Å². The fourth-order valence-corrected chi connectivity index (χ4v) is 3.14. The maximum absolute atomic E-state index is 12.8. The Kier molecular flexibility index (Phi) is 3.34. The van der Waals surface area contributed by atoms with Gasteiger partial charge in [-0.25, -0.2) is 9.97 Å². The number of aryl methyl sites for hydroxylation is 1. The van der Waals surface area contributed by atoms with Crippen LogP contribution in [0.25, 0.3) is 0 Å². The number of hydrogen-bond donors (Lipinski definition) is 2.